The molecule has 0 spiro atoms. The van der Waals surface area contributed by atoms with E-state index in [0.717, 1.165) is 11.8 Å². The lowest BCUT2D eigenvalue weighted by Gasteiger charge is -2.32. The minimum Gasteiger partial charge on any atom is -0.0654 e. The van der Waals surface area contributed by atoms with Crippen molar-refractivity contribution in [3.63, 3.8) is 0 Å². The molecular weight excluding hydrogens is 312 g/mol. The molecule has 0 saturated carbocycles. The fourth-order valence-corrected chi connectivity index (χ4v) is 3.99. The summed E-state index contributed by atoms with van der Waals surface area (Å²) in [6, 6.07) is 0. The maximum absolute atomic E-state index is 2.46. The molecule has 0 aliphatic rings. The van der Waals surface area contributed by atoms with Gasteiger partial charge in [-0.05, 0) is 35.5 Å². The van der Waals surface area contributed by atoms with Crippen LogP contribution in [0.25, 0.3) is 0 Å². The first-order valence-electron chi connectivity index (χ1n) is 12.1. The summed E-state index contributed by atoms with van der Waals surface area (Å²) in [7, 11) is 0. The number of rotatable bonds is 15. The van der Waals surface area contributed by atoms with E-state index in [-0.39, 0.29) is 0 Å². The van der Waals surface area contributed by atoms with Gasteiger partial charge in [-0.2, -0.15) is 0 Å². The van der Waals surface area contributed by atoms with Crippen molar-refractivity contribution in [3.8, 4) is 0 Å². The third kappa shape index (κ3) is 14.1. The molecule has 0 aromatic rings. The lowest BCUT2D eigenvalue weighted by molar-refractivity contribution is 0.184. The van der Waals surface area contributed by atoms with E-state index >= 15 is 0 Å². The molecule has 2 unspecified atom stereocenters. The van der Waals surface area contributed by atoms with Crippen LogP contribution < -0.4 is 0 Å². The van der Waals surface area contributed by atoms with Crippen LogP contribution in [0.4, 0.5) is 0 Å². The predicted molar refractivity (Wildman–Crippen MR) is 122 cm³/mol. The van der Waals surface area contributed by atoms with Crippen molar-refractivity contribution in [1.29, 1.82) is 0 Å². The number of hydrogen-bond acceptors (Lipinski definition) is 0. The van der Waals surface area contributed by atoms with E-state index < -0.39 is 0 Å². The minimum absolute atomic E-state index is 0.466. The highest BCUT2D eigenvalue weighted by atomic mass is 14.3. The van der Waals surface area contributed by atoms with Crippen molar-refractivity contribution >= 4 is 0 Å². The molecular formula is C26H54. The maximum atomic E-state index is 2.46. The minimum atomic E-state index is 0.466. The fourth-order valence-electron chi connectivity index (χ4n) is 3.99. The first kappa shape index (κ1) is 26.0. The van der Waals surface area contributed by atoms with Crippen LogP contribution in [0.1, 0.15) is 145 Å². The summed E-state index contributed by atoms with van der Waals surface area (Å²) < 4.78 is 0. The Bertz CT molecular complexity index is 301. The average molecular weight is 367 g/mol. The molecule has 158 valence electrons. The maximum Gasteiger partial charge on any atom is -0.0354 e. The Balaban J connectivity index is 3.86. The van der Waals surface area contributed by atoms with Gasteiger partial charge in [0.05, 0.1) is 0 Å². The van der Waals surface area contributed by atoms with Crippen LogP contribution in [-0.4, -0.2) is 0 Å². The zero-order valence-electron chi connectivity index (χ0n) is 20.1. The Kier molecular flexibility index (Phi) is 14.1. The molecule has 0 heteroatoms. The molecule has 0 aromatic carbocycles. The van der Waals surface area contributed by atoms with E-state index in [0.29, 0.717) is 10.8 Å². The Hall–Kier alpha value is 0. The molecule has 2 atom stereocenters. The van der Waals surface area contributed by atoms with Gasteiger partial charge in [0.15, 0.2) is 0 Å². The van der Waals surface area contributed by atoms with Crippen molar-refractivity contribution < 1.29 is 0 Å². The van der Waals surface area contributed by atoms with E-state index in [1.807, 2.05) is 0 Å². The summed E-state index contributed by atoms with van der Waals surface area (Å²) in [5.74, 6) is 1.74. The second kappa shape index (κ2) is 14.1. The molecule has 0 nitrogen and oxygen atoms in total. The van der Waals surface area contributed by atoms with E-state index in [1.165, 1.54) is 89.9 Å². The topological polar surface area (TPSA) is 0 Å². The van der Waals surface area contributed by atoms with Crippen molar-refractivity contribution in [2.45, 2.75) is 145 Å². The van der Waals surface area contributed by atoms with Crippen LogP contribution in [0, 0.1) is 22.7 Å². The molecule has 0 aliphatic heterocycles. The van der Waals surface area contributed by atoms with Crippen molar-refractivity contribution in [3.05, 3.63) is 0 Å². The van der Waals surface area contributed by atoms with Crippen molar-refractivity contribution in [2.75, 3.05) is 0 Å². The lowest BCUT2D eigenvalue weighted by Crippen LogP contribution is -2.22. The summed E-state index contributed by atoms with van der Waals surface area (Å²) in [6.07, 6.45) is 20.2. The molecule has 0 radical (unpaired) electrons. The normalized spacial score (nSPS) is 15.2. The monoisotopic (exact) mass is 366 g/mol. The highest BCUT2D eigenvalue weighted by molar-refractivity contribution is 4.76. The number of unbranched alkanes of at least 4 members (excludes halogenated alkanes) is 9. The molecule has 0 heterocycles. The standard InChI is InChI=1S/C26H54/c1-9-10-11-12-13-14-15-16-17-18-21-24(26(6,7)8)22-19-20-23(2)25(3,4)5/h23-24H,9-22H2,1-8H3. The molecule has 0 saturated heterocycles. The molecule has 0 amide bonds. The van der Waals surface area contributed by atoms with Gasteiger partial charge in [-0.15, -0.1) is 0 Å². The highest BCUT2D eigenvalue weighted by Gasteiger charge is 2.25. The predicted octanol–water partition coefficient (Wildman–Crippen LogP) is 9.81. The van der Waals surface area contributed by atoms with Gasteiger partial charge >= 0.3 is 0 Å². The van der Waals surface area contributed by atoms with E-state index in [9.17, 15) is 0 Å². The molecule has 26 heavy (non-hydrogen) atoms. The van der Waals surface area contributed by atoms with Gasteiger partial charge in [-0.25, -0.2) is 0 Å². The van der Waals surface area contributed by atoms with Crippen LogP contribution in [0.15, 0.2) is 0 Å². The molecule has 0 aromatic heterocycles. The Labute approximate surface area is 168 Å². The summed E-state index contributed by atoms with van der Waals surface area (Å²) in [5, 5.41) is 0. The summed E-state index contributed by atoms with van der Waals surface area (Å²) in [6.45, 7) is 19.3. The van der Waals surface area contributed by atoms with Crippen LogP contribution in [-0.2, 0) is 0 Å². The Morgan fingerprint density at radius 3 is 1.35 bits per heavy atom. The van der Waals surface area contributed by atoms with Gasteiger partial charge in [-0.3, -0.25) is 0 Å². The highest BCUT2D eigenvalue weighted by Crippen LogP contribution is 2.36. The van der Waals surface area contributed by atoms with Gasteiger partial charge in [-0.1, -0.05) is 132 Å². The average Bonchev–Trinajstić information content (AvgIpc) is 2.52. The number of hydrogen-bond donors (Lipinski definition) is 0. The van der Waals surface area contributed by atoms with E-state index in [1.54, 1.807) is 0 Å². The summed E-state index contributed by atoms with van der Waals surface area (Å²) in [5.41, 5.74) is 0.942. The SMILES string of the molecule is CCCCCCCCCCCCC(CCCC(C)C(C)(C)C)C(C)(C)C. The van der Waals surface area contributed by atoms with E-state index in [4.69, 9.17) is 0 Å². The largest absolute Gasteiger partial charge is 0.0654 e. The second-order valence-electron chi connectivity index (χ2n) is 11.2. The third-order valence-electron chi connectivity index (χ3n) is 6.80. The Morgan fingerprint density at radius 2 is 0.923 bits per heavy atom. The smallest absolute Gasteiger partial charge is 0.0354 e. The van der Waals surface area contributed by atoms with Crippen LogP contribution in [0.5, 0.6) is 0 Å². The molecule has 0 N–H and O–H groups in total. The fraction of sp³-hybridized carbons (Fsp3) is 1.00. The molecule has 0 fully saturated rings. The first-order valence-corrected chi connectivity index (χ1v) is 12.1. The second-order valence-corrected chi connectivity index (χ2v) is 11.2. The van der Waals surface area contributed by atoms with Crippen molar-refractivity contribution in [2.24, 2.45) is 22.7 Å². The van der Waals surface area contributed by atoms with Crippen LogP contribution >= 0.6 is 0 Å². The summed E-state index contributed by atoms with van der Waals surface area (Å²) >= 11 is 0. The quantitative estimate of drug-likeness (QED) is 0.253. The van der Waals surface area contributed by atoms with Gasteiger partial charge in [0.2, 0.25) is 0 Å². The first-order chi connectivity index (χ1) is 12.1. The lowest BCUT2D eigenvalue weighted by atomic mass is 9.73. The van der Waals surface area contributed by atoms with Gasteiger partial charge in [0.25, 0.3) is 0 Å². The van der Waals surface area contributed by atoms with Crippen LogP contribution in [0.3, 0.4) is 0 Å². The zero-order chi connectivity index (χ0) is 20.1. The van der Waals surface area contributed by atoms with Gasteiger partial charge in [0.1, 0.15) is 0 Å². The van der Waals surface area contributed by atoms with Gasteiger partial charge < -0.3 is 0 Å². The van der Waals surface area contributed by atoms with Crippen LogP contribution in [0.2, 0.25) is 0 Å². The third-order valence-corrected chi connectivity index (χ3v) is 6.80. The zero-order valence-corrected chi connectivity index (χ0v) is 20.1. The molecule has 0 rings (SSSR count). The van der Waals surface area contributed by atoms with Crippen molar-refractivity contribution in [1.82, 2.24) is 0 Å². The van der Waals surface area contributed by atoms with E-state index in [2.05, 4.69) is 55.4 Å². The molecule has 0 bridgehead atoms. The molecule has 0 aliphatic carbocycles. The Morgan fingerprint density at radius 1 is 0.500 bits per heavy atom. The van der Waals surface area contributed by atoms with Gasteiger partial charge in [0, 0.05) is 0 Å². The summed E-state index contributed by atoms with van der Waals surface area (Å²) in [4.78, 5) is 0.